The molecule has 2 heterocycles. The fourth-order valence-corrected chi connectivity index (χ4v) is 3.31. The number of aromatic nitrogens is 2. The molecule has 0 spiro atoms. The van der Waals surface area contributed by atoms with Crippen LogP contribution in [-0.4, -0.2) is 29.2 Å². The van der Waals surface area contributed by atoms with Gasteiger partial charge in [0.25, 0.3) is 5.89 Å². The zero-order chi connectivity index (χ0) is 18.8. The highest BCUT2D eigenvalue weighted by molar-refractivity contribution is 6.30. The number of rotatable bonds is 5. The van der Waals surface area contributed by atoms with Gasteiger partial charge in [0, 0.05) is 29.6 Å². The summed E-state index contributed by atoms with van der Waals surface area (Å²) >= 11 is 5.93. The van der Waals surface area contributed by atoms with Gasteiger partial charge in [-0.25, -0.2) is 0 Å². The van der Waals surface area contributed by atoms with E-state index in [2.05, 4.69) is 10.1 Å². The lowest BCUT2D eigenvalue weighted by molar-refractivity contribution is -0.117. The van der Waals surface area contributed by atoms with E-state index in [9.17, 15) is 4.79 Å². The minimum absolute atomic E-state index is 0.0309. The molecule has 0 aliphatic carbocycles. The summed E-state index contributed by atoms with van der Waals surface area (Å²) in [7, 11) is 0. The van der Waals surface area contributed by atoms with Gasteiger partial charge in [0.1, 0.15) is 5.75 Å². The molecule has 1 fully saturated rings. The maximum absolute atomic E-state index is 12.4. The van der Waals surface area contributed by atoms with Crippen LogP contribution in [0.15, 0.2) is 53.1 Å². The molecule has 0 N–H and O–H groups in total. The van der Waals surface area contributed by atoms with Crippen LogP contribution in [0.3, 0.4) is 0 Å². The average Bonchev–Trinajstić information content (AvgIpc) is 3.30. The lowest BCUT2D eigenvalue weighted by Gasteiger charge is -2.16. The summed E-state index contributed by atoms with van der Waals surface area (Å²) in [4.78, 5) is 18.7. The standard InChI is InChI=1S/C20H18ClN3O3/c1-2-26-17-6-4-3-5-16(17)20-22-19(23-27-20)13-11-18(25)24(12-13)15-9-7-14(21)8-10-15/h3-10,13H,2,11-12H2,1H3. The van der Waals surface area contributed by atoms with Crippen molar-refractivity contribution in [3.63, 3.8) is 0 Å². The van der Waals surface area contributed by atoms with Crippen molar-refractivity contribution in [2.45, 2.75) is 19.3 Å². The van der Waals surface area contributed by atoms with E-state index in [4.69, 9.17) is 20.9 Å². The van der Waals surface area contributed by atoms with E-state index in [1.54, 1.807) is 17.0 Å². The van der Waals surface area contributed by atoms with Gasteiger partial charge in [0.05, 0.1) is 12.2 Å². The number of hydrogen-bond donors (Lipinski definition) is 0. The Morgan fingerprint density at radius 2 is 2.00 bits per heavy atom. The summed E-state index contributed by atoms with van der Waals surface area (Å²) in [5, 5.41) is 4.75. The number of ether oxygens (including phenoxy) is 1. The molecule has 4 rings (SSSR count). The van der Waals surface area contributed by atoms with E-state index >= 15 is 0 Å². The van der Waals surface area contributed by atoms with E-state index in [-0.39, 0.29) is 11.8 Å². The molecular weight excluding hydrogens is 366 g/mol. The van der Waals surface area contributed by atoms with Gasteiger partial charge in [-0.2, -0.15) is 4.98 Å². The number of carbonyl (C=O) groups excluding carboxylic acids is 1. The van der Waals surface area contributed by atoms with Crippen molar-refractivity contribution in [2.24, 2.45) is 0 Å². The predicted octanol–water partition coefficient (Wildman–Crippen LogP) is 4.31. The second-order valence-electron chi connectivity index (χ2n) is 6.27. The van der Waals surface area contributed by atoms with Crippen LogP contribution in [0.5, 0.6) is 5.75 Å². The summed E-state index contributed by atoms with van der Waals surface area (Å²) in [6.07, 6.45) is 0.342. The molecule has 27 heavy (non-hydrogen) atoms. The monoisotopic (exact) mass is 383 g/mol. The van der Waals surface area contributed by atoms with Gasteiger partial charge in [-0.3, -0.25) is 4.79 Å². The topological polar surface area (TPSA) is 68.5 Å². The molecule has 0 saturated carbocycles. The maximum Gasteiger partial charge on any atom is 0.261 e. The van der Waals surface area contributed by atoms with Crippen LogP contribution in [-0.2, 0) is 4.79 Å². The minimum atomic E-state index is -0.120. The van der Waals surface area contributed by atoms with E-state index in [1.165, 1.54) is 0 Å². The molecule has 7 heteroatoms. The first-order valence-electron chi connectivity index (χ1n) is 8.77. The molecule has 1 aliphatic heterocycles. The summed E-state index contributed by atoms with van der Waals surface area (Å²) in [6, 6.07) is 14.7. The van der Waals surface area contributed by atoms with Crippen LogP contribution in [0.4, 0.5) is 5.69 Å². The first kappa shape index (κ1) is 17.5. The number of amides is 1. The quantitative estimate of drug-likeness (QED) is 0.656. The van der Waals surface area contributed by atoms with Crippen LogP contribution >= 0.6 is 11.6 Å². The molecule has 1 saturated heterocycles. The average molecular weight is 384 g/mol. The Morgan fingerprint density at radius 3 is 2.78 bits per heavy atom. The zero-order valence-electron chi connectivity index (χ0n) is 14.8. The lowest BCUT2D eigenvalue weighted by Crippen LogP contribution is -2.24. The van der Waals surface area contributed by atoms with Gasteiger partial charge in [-0.1, -0.05) is 28.9 Å². The fraction of sp³-hybridized carbons (Fsp3) is 0.250. The maximum atomic E-state index is 12.4. The summed E-state index contributed by atoms with van der Waals surface area (Å²) in [5.74, 6) is 1.53. The van der Waals surface area contributed by atoms with Crippen LogP contribution in [0.1, 0.15) is 25.1 Å². The Bertz CT molecular complexity index is 955. The Morgan fingerprint density at radius 1 is 1.22 bits per heavy atom. The number of benzene rings is 2. The molecule has 1 aromatic heterocycles. The van der Waals surface area contributed by atoms with Crippen molar-refractivity contribution in [2.75, 3.05) is 18.1 Å². The molecule has 6 nitrogen and oxygen atoms in total. The first-order chi connectivity index (χ1) is 13.2. The number of nitrogens with zero attached hydrogens (tertiary/aromatic N) is 3. The Labute approximate surface area is 161 Å². The third kappa shape index (κ3) is 3.53. The summed E-state index contributed by atoms with van der Waals surface area (Å²) in [5.41, 5.74) is 1.56. The van der Waals surface area contributed by atoms with Crippen LogP contribution in [0, 0.1) is 0 Å². The Hall–Kier alpha value is -2.86. The van der Waals surface area contributed by atoms with E-state index in [1.807, 2.05) is 43.3 Å². The van der Waals surface area contributed by atoms with Gasteiger partial charge in [0.2, 0.25) is 5.91 Å². The molecule has 138 valence electrons. The van der Waals surface area contributed by atoms with Gasteiger partial charge in [-0.15, -0.1) is 0 Å². The molecular formula is C20H18ClN3O3. The number of carbonyl (C=O) groups is 1. The molecule has 1 unspecified atom stereocenters. The third-order valence-corrected chi connectivity index (χ3v) is 4.74. The van der Waals surface area contributed by atoms with E-state index < -0.39 is 0 Å². The molecule has 1 aliphatic rings. The molecule has 2 aromatic carbocycles. The normalized spacial score (nSPS) is 16.7. The third-order valence-electron chi connectivity index (χ3n) is 4.49. The van der Waals surface area contributed by atoms with Crippen molar-refractivity contribution in [1.82, 2.24) is 10.1 Å². The molecule has 1 amide bonds. The number of anilines is 1. The van der Waals surface area contributed by atoms with Crippen LogP contribution in [0.2, 0.25) is 5.02 Å². The van der Waals surface area contributed by atoms with Crippen molar-refractivity contribution in [3.8, 4) is 17.2 Å². The summed E-state index contributed by atoms with van der Waals surface area (Å²) in [6.45, 7) is 2.98. The smallest absolute Gasteiger partial charge is 0.261 e. The van der Waals surface area contributed by atoms with Crippen LogP contribution in [0.25, 0.3) is 11.5 Å². The fourth-order valence-electron chi connectivity index (χ4n) is 3.19. The molecule has 1 atom stereocenters. The molecule has 0 bridgehead atoms. The van der Waals surface area contributed by atoms with Crippen molar-refractivity contribution < 1.29 is 14.1 Å². The highest BCUT2D eigenvalue weighted by atomic mass is 35.5. The van der Waals surface area contributed by atoms with E-state index in [0.29, 0.717) is 42.1 Å². The summed E-state index contributed by atoms with van der Waals surface area (Å²) < 4.78 is 11.1. The highest BCUT2D eigenvalue weighted by Crippen LogP contribution is 2.34. The number of para-hydroxylation sites is 1. The van der Waals surface area contributed by atoms with E-state index in [0.717, 1.165) is 11.3 Å². The molecule has 3 aromatic rings. The Kier molecular flexibility index (Phi) is 4.81. The minimum Gasteiger partial charge on any atom is -0.493 e. The second-order valence-corrected chi connectivity index (χ2v) is 6.71. The van der Waals surface area contributed by atoms with Gasteiger partial charge >= 0.3 is 0 Å². The second kappa shape index (κ2) is 7.40. The van der Waals surface area contributed by atoms with Gasteiger partial charge in [-0.05, 0) is 43.3 Å². The molecule has 0 radical (unpaired) electrons. The highest BCUT2D eigenvalue weighted by Gasteiger charge is 2.34. The Balaban J connectivity index is 1.56. The zero-order valence-corrected chi connectivity index (χ0v) is 15.5. The SMILES string of the molecule is CCOc1ccccc1-c1nc(C2CC(=O)N(c3ccc(Cl)cc3)C2)no1. The van der Waals surface area contributed by atoms with Crippen molar-refractivity contribution >= 4 is 23.2 Å². The van der Waals surface area contributed by atoms with Crippen LogP contribution < -0.4 is 9.64 Å². The number of hydrogen-bond acceptors (Lipinski definition) is 5. The number of halogens is 1. The first-order valence-corrected chi connectivity index (χ1v) is 9.15. The van der Waals surface area contributed by atoms with Gasteiger partial charge in [0.15, 0.2) is 5.82 Å². The lowest BCUT2D eigenvalue weighted by atomic mass is 10.1. The largest absolute Gasteiger partial charge is 0.493 e. The van der Waals surface area contributed by atoms with Gasteiger partial charge < -0.3 is 14.2 Å². The predicted molar refractivity (Wildman–Crippen MR) is 102 cm³/mol. The van der Waals surface area contributed by atoms with Crippen molar-refractivity contribution in [1.29, 1.82) is 0 Å². The van der Waals surface area contributed by atoms with Crippen molar-refractivity contribution in [3.05, 3.63) is 59.4 Å².